The Morgan fingerprint density at radius 1 is 1.33 bits per heavy atom. The summed E-state index contributed by atoms with van der Waals surface area (Å²) >= 11 is 1.60. The van der Waals surface area contributed by atoms with Crippen LogP contribution in [0.1, 0.15) is 5.69 Å². The molecular weight excluding hydrogens is 244 g/mol. The summed E-state index contributed by atoms with van der Waals surface area (Å²) in [7, 11) is 1.66. The Morgan fingerprint density at radius 2 is 2.17 bits per heavy atom. The SMILES string of the molecule is C=Cc1nc(-c2ccccn2)cc(OC)c1SC. The maximum absolute atomic E-state index is 5.40. The van der Waals surface area contributed by atoms with Gasteiger partial charge in [-0.05, 0) is 24.5 Å². The van der Waals surface area contributed by atoms with Crippen LogP contribution < -0.4 is 4.74 Å². The van der Waals surface area contributed by atoms with E-state index in [0.717, 1.165) is 27.7 Å². The second kappa shape index (κ2) is 5.69. The van der Waals surface area contributed by atoms with Gasteiger partial charge in [-0.3, -0.25) is 4.98 Å². The largest absolute Gasteiger partial charge is 0.495 e. The summed E-state index contributed by atoms with van der Waals surface area (Å²) in [5, 5.41) is 0. The van der Waals surface area contributed by atoms with E-state index in [-0.39, 0.29) is 0 Å². The first kappa shape index (κ1) is 12.6. The topological polar surface area (TPSA) is 35.0 Å². The van der Waals surface area contributed by atoms with E-state index >= 15 is 0 Å². The minimum atomic E-state index is 0.792. The average Bonchev–Trinajstić information content (AvgIpc) is 2.46. The Morgan fingerprint density at radius 3 is 2.72 bits per heavy atom. The van der Waals surface area contributed by atoms with Crippen molar-refractivity contribution < 1.29 is 4.74 Å². The molecule has 0 fully saturated rings. The van der Waals surface area contributed by atoms with Crippen LogP contribution in [-0.2, 0) is 0 Å². The molecule has 4 heteroatoms. The smallest absolute Gasteiger partial charge is 0.136 e. The van der Waals surface area contributed by atoms with Gasteiger partial charge in [-0.15, -0.1) is 11.8 Å². The number of hydrogen-bond acceptors (Lipinski definition) is 4. The Kier molecular flexibility index (Phi) is 3.99. The van der Waals surface area contributed by atoms with Crippen LogP contribution in [0.4, 0.5) is 0 Å². The first-order chi connectivity index (χ1) is 8.80. The van der Waals surface area contributed by atoms with Gasteiger partial charge in [0.05, 0.1) is 29.1 Å². The van der Waals surface area contributed by atoms with Gasteiger partial charge in [0.1, 0.15) is 5.75 Å². The van der Waals surface area contributed by atoms with E-state index in [4.69, 9.17) is 4.74 Å². The van der Waals surface area contributed by atoms with Crippen molar-refractivity contribution in [3.8, 4) is 17.1 Å². The van der Waals surface area contributed by atoms with E-state index in [9.17, 15) is 0 Å². The Bertz CT molecular complexity index is 555. The van der Waals surface area contributed by atoms with Gasteiger partial charge in [0.2, 0.25) is 0 Å². The molecule has 0 unspecified atom stereocenters. The summed E-state index contributed by atoms with van der Waals surface area (Å²) in [4.78, 5) is 9.85. The second-order valence-electron chi connectivity index (χ2n) is 3.55. The van der Waals surface area contributed by atoms with Crippen molar-refractivity contribution in [2.24, 2.45) is 0 Å². The summed E-state index contributed by atoms with van der Waals surface area (Å²) in [5.41, 5.74) is 2.44. The summed E-state index contributed by atoms with van der Waals surface area (Å²) in [6, 6.07) is 7.65. The van der Waals surface area contributed by atoms with Gasteiger partial charge in [-0.25, -0.2) is 4.98 Å². The number of aromatic nitrogens is 2. The number of methoxy groups -OCH3 is 1. The molecule has 0 aliphatic rings. The number of ether oxygens (including phenoxy) is 1. The fraction of sp³-hybridized carbons (Fsp3) is 0.143. The summed E-state index contributed by atoms with van der Waals surface area (Å²) in [6.45, 7) is 3.80. The zero-order valence-corrected chi connectivity index (χ0v) is 11.2. The van der Waals surface area contributed by atoms with Crippen molar-refractivity contribution in [3.05, 3.63) is 42.7 Å². The zero-order valence-electron chi connectivity index (χ0n) is 10.4. The van der Waals surface area contributed by atoms with Crippen molar-refractivity contribution in [1.29, 1.82) is 0 Å². The predicted molar refractivity (Wildman–Crippen MR) is 75.9 cm³/mol. The Balaban J connectivity index is 2.60. The van der Waals surface area contributed by atoms with E-state index in [1.807, 2.05) is 30.5 Å². The minimum Gasteiger partial charge on any atom is -0.495 e. The van der Waals surface area contributed by atoms with Gasteiger partial charge >= 0.3 is 0 Å². The van der Waals surface area contributed by atoms with Crippen LogP contribution in [-0.4, -0.2) is 23.3 Å². The van der Waals surface area contributed by atoms with Gasteiger partial charge in [0, 0.05) is 12.3 Å². The molecule has 2 aromatic rings. The van der Waals surface area contributed by atoms with Crippen molar-refractivity contribution in [3.63, 3.8) is 0 Å². The molecule has 0 atom stereocenters. The van der Waals surface area contributed by atoms with Crippen LogP contribution in [0.2, 0.25) is 0 Å². The van der Waals surface area contributed by atoms with Gasteiger partial charge in [0.25, 0.3) is 0 Å². The molecule has 0 spiro atoms. The van der Waals surface area contributed by atoms with Gasteiger partial charge in [-0.1, -0.05) is 12.6 Å². The molecule has 0 aromatic carbocycles. The van der Waals surface area contributed by atoms with E-state index < -0.39 is 0 Å². The maximum atomic E-state index is 5.40. The summed E-state index contributed by atoms with van der Waals surface area (Å²) < 4.78 is 5.40. The number of hydrogen-bond donors (Lipinski definition) is 0. The third-order valence-electron chi connectivity index (χ3n) is 2.51. The lowest BCUT2D eigenvalue weighted by Crippen LogP contribution is -1.96. The predicted octanol–water partition coefficient (Wildman–Crippen LogP) is 3.52. The molecule has 0 radical (unpaired) electrons. The highest BCUT2D eigenvalue weighted by Gasteiger charge is 2.12. The molecule has 2 aromatic heterocycles. The van der Waals surface area contributed by atoms with Crippen LogP contribution in [0.15, 0.2) is 41.9 Å². The number of thioether (sulfide) groups is 1. The summed E-state index contributed by atoms with van der Waals surface area (Å²) in [5.74, 6) is 0.799. The molecule has 92 valence electrons. The zero-order chi connectivity index (χ0) is 13.0. The molecule has 0 saturated heterocycles. The lowest BCUT2D eigenvalue weighted by atomic mass is 10.2. The van der Waals surface area contributed by atoms with Crippen LogP contribution in [0.25, 0.3) is 17.5 Å². The molecule has 0 saturated carbocycles. The van der Waals surface area contributed by atoms with Crippen molar-refractivity contribution in [1.82, 2.24) is 9.97 Å². The van der Waals surface area contributed by atoms with Gasteiger partial charge in [-0.2, -0.15) is 0 Å². The highest BCUT2D eigenvalue weighted by atomic mass is 32.2. The number of rotatable bonds is 4. The lowest BCUT2D eigenvalue weighted by Gasteiger charge is -2.11. The van der Waals surface area contributed by atoms with E-state index in [1.165, 1.54) is 0 Å². The fourth-order valence-corrected chi connectivity index (χ4v) is 2.35. The molecule has 0 bridgehead atoms. The van der Waals surface area contributed by atoms with Crippen LogP contribution in [0, 0.1) is 0 Å². The molecule has 2 rings (SSSR count). The maximum Gasteiger partial charge on any atom is 0.136 e. The number of nitrogens with zero attached hydrogens (tertiary/aromatic N) is 2. The normalized spacial score (nSPS) is 10.1. The summed E-state index contributed by atoms with van der Waals surface area (Å²) in [6.07, 6.45) is 5.48. The molecule has 18 heavy (non-hydrogen) atoms. The number of pyridine rings is 2. The van der Waals surface area contributed by atoms with Crippen molar-refractivity contribution >= 4 is 17.8 Å². The second-order valence-corrected chi connectivity index (χ2v) is 4.36. The molecular formula is C14H14N2OS. The highest BCUT2D eigenvalue weighted by molar-refractivity contribution is 7.98. The van der Waals surface area contributed by atoms with Crippen LogP contribution in [0.5, 0.6) is 5.75 Å². The Labute approximate surface area is 111 Å². The van der Waals surface area contributed by atoms with Crippen molar-refractivity contribution in [2.75, 3.05) is 13.4 Å². The monoisotopic (exact) mass is 258 g/mol. The molecule has 3 nitrogen and oxygen atoms in total. The van der Waals surface area contributed by atoms with Crippen LogP contribution >= 0.6 is 11.8 Å². The van der Waals surface area contributed by atoms with Gasteiger partial charge in [0.15, 0.2) is 0 Å². The molecule has 0 N–H and O–H groups in total. The van der Waals surface area contributed by atoms with Gasteiger partial charge < -0.3 is 4.74 Å². The third kappa shape index (κ3) is 2.38. The third-order valence-corrected chi connectivity index (χ3v) is 3.33. The minimum absolute atomic E-state index is 0.792. The fourth-order valence-electron chi connectivity index (χ4n) is 1.67. The van der Waals surface area contributed by atoms with E-state index in [1.54, 1.807) is 31.1 Å². The van der Waals surface area contributed by atoms with E-state index in [2.05, 4.69) is 16.5 Å². The first-order valence-corrected chi connectivity index (χ1v) is 6.69. The van der Waals surface area contributed by atoms with E-state index in [0.29, 0.717) is 0 Å². The molecule has 0 aliphatic heterocycles. The molecule has 0 aliphatic carbocycles. The molecule has 0 amide bonds. The van der Waals surface area contributed by atoms with Crippen LogP contribution in [0.3, 0.4) is 0 Å². The quantitative estimate of drug-likeness (QED) is 0.786. The first-order valence-electron chi connectivity index (χ1n) is 5.47. The van der Waals surface area contributed by atoms with Crippen molar-refractivity contribution in [2.45, 2.75) is 4.90 Å². The Hall–Kier alpha value is -1.81. The lowest BCUT2D eigenvalue weighted by molar-refractivity contribution is 0.404. The average molecular weight is 258 g/mol. The molecule has 2 heterocycles. The highest BCUT2D eigenvalue weighted by Crippen LogP contribution is 2.33. The standard InChI is InChI=1S/C14H14N2OS/c1-4-10-14(18-3)13(17-2)9-12(16-10)11-7-5-6-8-15-11/h4-9H,1H2,2-3H3.